The second kappa shape index (κ2) is 5.13. The third-order valence-electron chi connectivity index (χ3n) is 2.90. The van der Waals surface area contributed by atoms with E-state index in [0.29, 0.717) is 17.3 Å². The van der Waals surface area contributed by atoms with Crippen LogP contribution in [0.1, 0.15) is 13.8 Å². The smallest absolute Gasteiger partial charge is 0.240 e. The molecule has 0 spiro atoms. The number of nitrogens with two attached hydrogens (primary N) is 1. The van der Waals surface area contributed by atoms with E-state index in [1.807, 2.05) is 30.6 Å². The number of imidazole rings is 1. The van der Waals surface area contributed by atoms with Crippen molar-refractivity contribution in [3.63, 3.8) is 0 Å². The molecular weight excluding hydrogens is 244 g/mol. The number of carbonyl (C=O) groups excluding carboxylic acids is 1. The third kappa shape index (κ3) is 2.59. The molecule has 1 atom stereocenters. The number of primary amides is 1. The minimum Gasteiger partial charge on any atom is -0.372 e. The number of amides is 1. The number of nitrogens with zero attached hydrogens (tertiary/aromatic N) is 3. The van der Waals surface area contributed by atoms with Crippen LogP contribution in [0.5, 0.6) is 0 Å². The first-order chi connectivity index (χ1) is 9.02. The first-order valence-electron chi connectivity index (χ1n) is 6.10. The average molecular weight is 262 g/mol. The van der Waals surface area contributed by atoms with Gasteiger partial charge in [0.05, 0.1) is 6.20 Å². The first kappa shape index (κ1) is 13.1. The van der Waals surface area contributed by atoms with Crippen LogP contribution in [0.4, 0.5) is 11.6 Å². The van der Waals surface area contributed by atoms with E-state index in [2.05, 4.69) is 20.6 Å². The maximum absolute atomic E-state index is 11.5. The van der Waals surface area contributed by atoms with E-state index in [1.165, 1.54) is 0 Å². The van der Waals surface area contributed by atoms with Gasteiger partial charge < -0.3 is 20.8 Å². The number of hydrogen-bond donors (Lipinski definition) is 3. The number of hydrogen-bond acceptors (Lipinski definition) is 5. The predicted octanol–water partition coefficient (Wildman–Crippen LogP) is 0.693. The van der Waals surface area contributed by atoms with Gasteiger partial charge in [-0.15, -0.1) is 0 Å². The van der Waals surface area contributed by atoms with Crippen LogP contribution in [0.2, 0.25) is 0 Å². The molecule has 0 aliphatic heterocycles. The highest BCUT2D eigenvalue weighted by Gasteiger charge is 2.21. The number of anilines is 2. The maximum atomic E-state index is 11.5. The van der Waals surface area contributed by atoms with Gasteiger partial charge in [-0.2, -0.15) is 0 Å². The van der Waals surface area contributed by atoms with Crippen molar-refractivity contribution in [2.75, 3.05) is 17.7 Å². The molecule has 4 N–H and O–H groups in total. The molecule has 0 aromatic carbocycles. The van der Waals surface area contributed by atoms with E-state index in [1.54, 1.807) is 13.2 Å². The molecule has 2 aromatic rings. The van der Waals surface area contributed by atoms with E-state index in [-0.39, 0.29) is 5.92 Å². The van der Waals surface area contributed by atoms with Crippen LogP contribution in [0.3, 0.4) is 0 Å². The maximum Gasteiger partial charge on any atom is 0.240 e. The van der Waals surface area contributed by atoms with Crippen molar-refractivity contribution in [1.82, 2.24) is 14.4 Å². The summed E-state index contributed by atoms with van der Waals surface area (Å²) in [5.74, 6) is 0.873. The van der Waals surface area contributed by atoms with Crippen molar-refractivity contribution in [2.45, 2.75) is 19.9 Å². The summed E-state index contributed by atoms with van der Waals surface area (Å²) in [7, 11) is 1.78. The van der Waals surface area contributed by atoms with Gasteiger partial charge in [-0.25, -0.2) is 9.97 Å². The van der Waals surface area contributed by atoms with Gasteiger partial charge in [0.1, 0.15) is 11.9 Å². The molecule has 19 heavy (non-hydrogen) atoms. The monoisotopic (exact) mass is 262 g/mol. The van der Waals surface area contributed by atoms with Crippen LogP contribution in [-0.2, 0) is 4.79 Å². The summed E-state index contributed by atoms with van der Waals surface area (Å²) in [4.78, 5) is 20.1. The molecule has 1 unspecified atom stereocenters. The summed E-state index contributed by atoms with van der Waals surface area (Å²) in [6.45, 7) is 3.85. The average Bonchev–Trinajstić information content (AvgIpc) is 2.82. The molecule has 0 radical (unpaired) electrons. The molecule has 7 nitrogen and oxygen atoms in total. The molecule has 0 saturated carbocycles. The van der Waals surface area contributed by atoms with Crippen LogP contribution in [-0.4, -0.2) is 33.4 Å². The molecule has 2 aromatic heterocycles. The van der Waals surface area contributed by atoms with Crippen LogP contribution >= 0.6 is 0 Å². The fraction of sp³-hybridized carbons (Fsp3) is 0.417. The van der Waals surface area contributed by atoms with Gasteiger partial charge in [-0.3, -0.25) is 4.79 Å². The number of aromatic nitrogens is 3. The molecule has 0 fully saturated rings. The minimum absolute atomic E-state index is 0.0626. The lowest BCUT2D eigenvalue weighted by atomic mass is 10.0. The van der Waals surface area contributed by atoms with E-state index in [0.717, 1.165) is 0 Å². The molecule has 0 aliphatic rings. The fourth-order valence-corrected chi connectivity index (χ4v) is 1.86. The summed E-state index contributed by atoms with van der Waals surface area (Å²) in [5, 5.41) is 6.04. The lowest BCUT2D eigenvalue weighted by Gasteiger charge is -2.20. The Morgan fingerprint density at radius 2 is 2.21 bits per heavy atom. The van der Waals surface area contributed by atoms with Gasteiger partial charge in [0, 0.05) is 19.4 Å². The summed E-state index contributed by atoms with van der Waals surface area (Å²) in [6, 6.07) is -0.486. The number of rotatable bonds is 5. The first-order valence-corrected chi connectivity index (χ1v) is 6.10. The van der Waals surface area contributed by atoms with E-state index in [9.17, 15) is 4.79 Å². The molecule has 2 rings (SSSR count). The predicted molar refractivity (Wildman–Crippen MR) is 74.0 cm³/mol. The van der Waals surface area contributed by atoms with Crippen LogP contribution in [0.25, 0.3) is 5.65 Å². The summed E-state index contributed by atoms with van der Waals surface area (Å²) in [6.07, 6.45) is 5.32. The molecule has 0 saturated heterocycles. The Labute approximate surface area is 111 Å². The third-order valence-corrected chi connectivity index (χ3v) is 2.90. The fourth-order valence-electron chi connectivity index (χ4n) is 1.86. The molecule has 2 heterocycles. The Morgan fingerprint density at radius 3 is 2.79 bits per heavy atom. The van der Waals surface area contributed by atoms with Crippen molar-refractivity contribution >= 4 is 23.2 Å². The van der Waals surface area contributed by atoms with Crippen molar-refractivity contribution in [2.24, 2.45) is 11.7 Å². The number of fused-ring (bicyclic) bond motifs is 1. The van der Waals surface area contributed by atoms with Gasteiger partial charge in [0.15, 0.2) is 11.5 Å². The molecule has 102 valence electrons. The van der Waals surface area contributed by atoms with Crippen molar-refractivity contribution in [3.05, 3.63) is 18.6 Å². The largest absolute Gasteiger partial charge is 0.372 e. The Kier molecular flexibility index (Phi) is 3.55. The minimum atomic E-state index is -0.486. The topological polar surface area (TPSA) is 97.3 Å². The highest BCUT2D eigenvalue weighted by molar-refractivity contribution is 5.84. The Hall–Kier alpha value is -2.31. The van der Waals surface area contributed by atoms with Gasteiger partial charge in [0.2, 0.25) is 5.91 Å². The molecular formula is C12H18N6O. The highest BCUT2D eigenvalue weighted by atomic mass is 16.1. The van der Waals surface area contributed by atoms with Gasteiger partial charge in [0.25, 0.3) is 0 Å². The Balaban J connectivity index is 2.43. The van der Waals surface area contributed by atoms with E-state index < -0.39 is 11.9 Å². The molecule has 0 bridgehead atoms. The Bertz CT molecular complexity index is 591. The second-order valence-corrected chi connectivity index (χ2v) is 4.65. The second-order valence-electron chi connectivity index (χ2n) is 4.65. The van der Waals surface area contributed by atoms with Crippen molar-refractivity contribution in [1.29, 1.82) is 0 Å². The molecule has 0 aliphatic carbocycles. The lowest BCUT2D eigenvalue weighted by molar-refractivity contribution is -0.119. The molecule has 7 heteroatoms. The zero-order chi connectivity index (χ0) is 14.0. The van der Waals surface area contributed by atoms with Gasteiger partial charge in [-0.05, 0) is 5.92 Å². The quantitative estimate of drug-likeness (QED) is 0.736. The van der Waals surface area contributed by atoms with Crippen LogP contribution < -0.4 is 16.4 Å². The van der Waals surface area contributed by atoms with Crippen LogP contribution in [0.15, 0.2) is 18.6 Å². The Morgan fingerprint density at radius 1 is 1.47 bits per heavy atom. The van der Waals surface area contributed by atoms with E-state index in [4.69, 9.17) is 5.73 Å². The zero-order valence-electron chi connectivity index (χ0n) is 11.2. The highest BCUT2D eigenvalue weighted by Crippen LogP contribution is 2.18. The van der Waals surface area contributed by atoms with Crippen molar-refractivity contribution < 1.29 is 4.79 Å². The zero-order valence-corrected chi connectivity index (χ0v) is 11.2. The summed E-state index contributed by atoms with van der Waals surface area (Å²) >= 11 is 0. The SMILES string of the molecule is CNc1cn2ccnc2c(NC(C(N)=O)C(C)C)n1. The summed E-state index contributed by atoms with van der Waals surface area (Å²) in [5.41, 5.74) is 6.06. The summed E-state index contributed by atoms with van der Waals surface area (Å²) < 4.78 is 1.83. The normalized spacial score (nSPS) is 12.6. The van der Waals surface area contributed by atoms with Gasteiger partial charge in [-0.1, -0.05) is 13.8 Å². The molecule has 1 amide bonds. The standard InChI is InChI=1S/C12H18N6O/c1-7(2)9(10(13)19)17-11-12-15-4-5-18(12)6-8(14-3)16-11/h4-7,9,14H,1-3H3,(H2,13,19)(H,16,17). The number of nitrogens with one attached hydrogen (secondary N) is 2. The van der Waals surface area contributed by atoms with Crippen molar-refractivity contribution in [3.8, 4) is 0 Å². The van der Waals surface area contributed by atoms with Gasteiger partial charge >= 0.3 is 0 Å². The lowest BCUT2D eigenvalue weighted by Crippen LogP contribution is -2.40. The van der Waals surface area contributed by atoms with Crippen LogP contribution in [0, 0.1) is 5.92 Å². The number of carbonyl (C=O) groups is 1. The van der Waals surface area contributed by atoms with E-state index >= 15 is 0 Å².